The number of hydrogen-bond acceptors (Lipinski definition) is 4. The maximum Gasteiger partial charge on any atom is 0.323 e. The number of aliphatic carboxylic acids is 1. The van der Waals surface area contributed by atoms with Crippen molar-refractivity contribution >= 4 is 17.3 Å². The molecule has 5 heteroatoms. The number of aliphatic hydroxyl groups excluding tert-OH is 1. The summed E-state index contributed by atoms with van der Waals surface area (Å²) in [4.78, 5) is 11.0. The van der Waals surface area contributed by atoms with Crippen LogP contribution in [-0.2, 0) is 4.79 Å². The van der Waals surface area contributed by atoms with Gasteiger partial charge >= 0.3 is 5.97 Å². The Balaban J connectivity index is 2.78. The minimum atomic E-state index is -1.25. The molecule has 1 rings (SSSR count). The van der Waals surface area contributed by atoms with Crippen LogP contribution in [0.15, 0.2) is 11.4 Å². The summed E-state index contributed by atoms with van der Waals surface area (Å²) in [6, 6.07) is 0.482. The first-order valence-electron chi connectivity index (χ1n) is 3.74. The summed E-state index contributed by atoms with van der Waals surface area (Å²) >= 11 is 1.31. The van der Waals surface area contributed by atoms with E-state index in [0.29, 0.717) is 4.88 Å². The number of hydrogen-bond donors (Lipinski definition) is 3. The van der Waals surface area contributed by atoms with Gasteiger partial charge in [0.2, 0.25) is 0 Å². The summed E-state index contributed by atoms with van der Waals surface area (Å²) in [6.07, 6.45) is -1.11. The van der Waals surface area contributed by atoms with E-state index < -0.39 is 18.1 Å². The van der Waals surface area contributed by atoms with E-state index >= 15 is 0 Å². The number of rotatable bonds is 3. The molecule has 4 N–H and O–H groups in total. The van der Waals surface area contributed by atoms with Gasteiger partial charge in [0.05, 0.1) is 0 Å². The van der Waals surface area contributed by atoms with Crippen LogP contribution in [0.1, 0.15) is 16.5 Å². The number of carbonyl (C=O) groups is 1. The lowest BCUT2D eigenvalue weighted by atomic mass is 10.1. The van der Waals surface area contributed by atoms with E-state index in [1.807, 2.05) is 12.3 Å². The van der Waals surface area contributed by atoms with Crippen molar-refractivity contribution in [3.63, 3.8) is 0 Å². The van der Waals surface area contributed by atoms with Gasteiger partial charge in [-0.25, -0.2) is 0 Å². The fraction of sp³-hybridized carbons (Fsp3) is 0.375. The van der Waals surface area contributed by atoms with Crippen molar-refractivity contribution in [2.75, 3.05) is 0 Å². The highest BCUT2D eigenvalue weighted by Crippen LogP contribution is 2.23. The molecule has 0 unspecified atom stereocenters. The summed E-state index contributed by atoms with van der Waals surface area (Å²) in [5.74, 6) is -1.20. The van der Waals surface area contributed by atoms with Crippen molar-refractivity contribution < 1.29 is 15.0 Å². The van der Waals surface area contributed by atoms with Gasteiger partial charge in [-0.15, -0.1) is 11.3 Å². The number of aliphatic hydroxyl groups is 1. The zero-order chi connectivity index (χ0) is 10.0. The monoisotopic (exact) mass is 201 g/mol. The molecule has 0 aliphatic carbocycles. The fourth-order valence-electron chi connectivity index (χ4n) is 0.921. The molecule has 4 nitrogen and oxygen atoms in total. The second-order valence-electron chi connectivity index (χ2n) is 2.84. The average Bonchev–Trinajstić information content (AvgIpc) is 2.49. The molecule has 1 aromatic heterocycles. The minimum Gasteiger partial charge on any atom is -0.480 e. The summed E-state index contributed by atoms with van der Waals surface area (Å²) < 4.78 is 0. The Morgan fingerprint density at radius 1 is 1.69 bits per heavy atom. The Morgan fingerprint density at radius 2 is 2.31 bits per heavy atom. The van der Waals surface area contributed by atoms with E-state index in [4.69, 9.17) is 10.8 Å². The molecule has 0 aliphatic heterocycles. The first kappa shape index (κ1) is 10.2. The second-order valence-corrected chi connectivity index (χ2v) is 3.78. The molecule has 0 fully saturated rings. The van der Waals surface area contributed by atoms with Crippen LogP contribution >= 0.6 is 11.3 Å². The van der Waals surface area contributed by atoms with Crippen LogP contribution in [-0.4, -0.2) is 22.2 Å². The molecule has 0 radical (unpaired) electrons. The Hall–Kier alpha value is -0.910. The van der Waals surface area contributed by atoms with Gasteiger partial charge in [-0.1, -0.05) is 0 Å². The Labute approximate surface area is 79.6 Å². The highest BCUT2D eigenvalue weighted by Gasteiger charge is 2.24. The summed E-state index contributed by atoms with van der Waals surface area (Å²) in [7, 11) is 0. The van der Waals surface area contributed by atoms with Crippen molar-refractivity contribution in [2.24, 2.45) is 5.73 Å². The Morgan fingerprint density at radius 3 is 2.69 bits per heavy atom. The number of thiophene rings is 1. The molecule has 0 aromatic carbocycles. The third-order valence-electron chi connectivity index (χ3n) is 1.67. The van der Waals surface area contributed by atoms with E-state index in [0.717, 1.165) is 5.56 Å². The molecular formula is C8H11NO3S. The van der Waals surface area contributed by atoms with Gasteiger partial charge in [0.1, 0.15) is 12.1 Å². The van der Waals surface area contributed by atoms with Crippen LogP contribution in [0.2, 0.25) is 0 Å². The molecule has 2 atom stereocenters. The van der Waals surface area contributed by atoms with E-state index in [2.05, 4.69) is 0 Å². The van der Waals surface area contributed by atoms with E-state index in [1.54, 1.807) is 6.07 Å². The maximum absolute atomic E-state index is 10.4. The largest absolute Gasteiger partial charge is 0.480 e. The minimum absolute atomic E-state index is 0.590. The normalized spacial score (nSPS) is 15.3. The van der Waals surface area contributed by atoms with Gasteiger partial charge in [0.15, 0.2) is 0 Å². The Bertz CT molecular complexity index is 310. The number of carboxylic acid groups (broad SMARTS) is 1. The molecule has 1 aromatic rings. The second kappa shape index (κ2) is 3.87. The zero-order valence-electron chi connectivity index (χ0n) is 7.10. The SMILES string of the molecule is Cc1csc([C@@H](O)[C@@H](N)C(=O)O)c1. The predicted octanol–water partition coefficient (Wildman–Crippen LogP) is 0.502. The van der Waals surface area contributed by atoms with E-state index in [1.165, 1.54) is 11.3 Å². The number of aryl methyl sites for hydroxylation is 1. The third kappa shape index (κ3) is 2.27. The lowest BCUT2D eigenvalue weighted by Gasteiger charge is -2.12. The van der Waals surface area contributed by atoms with Crippen molar-refractivity contribution in [3.8, 4) is 0 Å². The molecule has 1 heterocycles. The van der Waals surface area contributed by atoms with Crippen LogP contribution in [0.4, 0.5) is 0 Å². The molecule has 13 heavy (non-hydrogen) atoms. The van der Waals surface area contributed by atoms with Crippen molar-refractivity contribution in [3.05, 3.63) is 21.9 Å². The van der Waals surface area contributed by atoms with Crippen LogP contribution in [0.5, 0.6) is 0 Å². The van der Waals surface area contributed by atoms with E-state index in [-0.39, 0.29) is 0 Å². The highest BCUT2D eigenvalue weighted by molar-refractivity contribution is 7.10. The molecule has 0 bridgehead atoms. The summed E-state index contributed by atoms with van der Waals surface area (Å²) in [5.41, 5.74) is 6.26. The first-order chi connectivity index (χ1) is 6.02. The quantitative estimate of drug-likeness (QED) is 0.665. The molecule has 0 saturated carbocycles. The van der Waals surface area contributed by atoms with Gasteiger partial charge in [0, 0.05) is 4.88 Å². The van der Waals surface area contributed by atoms with Gasteiger partial charge in [0.25, 0.3) is 0 Å². The summed E-state index contributed by atoms with van der Waals surface area (Å²) in [6.45, 7) is 1.87. The summed E-state index contributed by atoms with van der Waals surface area (Å²) in [5, 5.41) is 19.9. The van der Waals surface area contributed by atoms with Crippen LogP contribution in [0.3, 0.4) is 0 Å². The predicted molar refractivity (Wildman–Crippen MR) is 49.6 cm³/mol. The standard InChI is InChI=1S/C8H11NO3S/c1-4-2-5(13-3-4)7(10)6(9)8(11)12/h2-3,6-7,10H,9H2,1H3,(H,11,12)/t6-,7-/m1/s1. The van der Waals surface area contributed by atoms with Crippen LogP contribution in [0.25, 0.3) is 0 Å². The molecular weight excluding hydrogens is 190 g/mol. The average molecular weight is 201 g/mol. The topological polar surface area (TPSA) is 83.5 Å². The van der Waals surface area contributed by atoms with Crippen molar-refractivity contribution in [1.82, 2.24) is 0 Å². The van der Waals surface area contributed by atoms with Crippen molar-refractivity contribution in [1.29, 1.82) is 0 Å². The highest BCUT2D eigenvalue weighted by atomic mass is 32.1. The van der Waals surface area contributed by atoms with Gasteiger partial charge < -0.3 is 15.9 Å². The van der Waals surface area contributed by atoms with Gasteiger partial charge in [-0.05, 0) is 23.9 Å². The molecule has 72 valence electrons. The van der Waals surface area contributed by atoms with Crippen LogP contribution in [0, 0.1) is 6.92 Å². The molecule has 0 spiro atoms. The number of carboxylic acids is 1. The Kier molecular flexibility index (Phi) is 3.02. The van der Waals surface area contributed by atoms with Crippen molar-refractivity contribution in [2.45, 2.75) is 19.1 Å². The van der Waals surface area contributed by atoms with Crippen LogP contribution < -0.4 is 5.73 Å². The van der Waals surface area contributed by atoms with E-state index in [9.17, 15) is 9.90 Å². The third-order valence-corrected chi connectivity index (χ3v) is 2.79. The molecule has 0 amide bonds. The van der Waals surface area contributed by atoms with Gasteiger partial charge in [-0.3, -0.25) is 4.79 Å². The fourth-order valence-corrected chi connectivity index (χ4v) is 1.85. The van der Waals surface area contributed by atoms with Gasteiger partial charge in [-0.2, -0.15) is 0 Å². The smallest absolute Gasteiger partial charge is 0.323 e. The molecule has 0 aliphatic rings. The molecule has 0 saturated heterocycles. The zero-order valence-corrected chi connectivity index (χ0v) is 7.91. The lowest BCUT2D eigenvalue weighted by Crippen LogP contribution is -2.36. The first-order valence-corrected chi connectivity index (χ1v) is 4.62. The number of nitrogens with two attached hydrogens (primary N) is 1. The maximum atomic E-state index is 10.4. The lowest BCUT2D eigenvalue weighted by molar-refractivity contribution is -0.141.